The Kier molecular flexibility index (Phi) is 5.60. The maximum absolute atomic E-state index is 6.15. The average Bonchev–Trinajstić information content (AvgIpc) is 2.22. The van der Waals surface area contributed by atoms with E-state index >= 15 is 0 Å². The van der Waals surface area contributed by atoms with Gasteiger partial charge < -0.3 is 5.32 Å². The van der Waals surface area contributed by atoms with Crippen molar-refractivity contribution in [3.8, 4) is 0 Å². The van der Waals surface area contributed by atoms with Crippen LogP contribution in [0.15, 0.2) is 18.2 Å². The van der Waals surface area contributed by atoms with Crippen molar-refractivity contribution in [2.45, 2.75) is 33.2 Å². The summed E-state index contributed by atoms with van der Waals surface area (Å²) in [6.07, 6.45) is 0.976. The van der Waals surface area contributed by atoms with Crippen molar-refractivity contribution in [1.82, 2.24) is 5.32 Å². The fraction of sp³-hybridized carbons (Fsp3) is 0.538. The number of halogens is 2. The monoisotopic (exact) mass is 259 g/mol. The van der Waals surface area contributed by atoms with Crippen LogP contribution in [-0.2, 0) is 6.42 Å². The number of benzene rings is 1. The molecule has 1 nitrogen and oxygen atoms in total. The van der Waals surface area contributed by atoms with E-state index in [0.29, 0.717) is 17.0 Å². The summed E-state index contributed by atoms with van der Waals surface area (Å²) in [4.78, 5) is 0. The largest absolute Gasteiger partial charge is 0.314 e. The van der Waals surface area contributed by atoms with Gasteiger partial charge in [-0.05, 0) is 43.5 Å². The highest BCUT2D eigenvalue weighted by Crippen LogP contribution is 2.24. The van der Waals surface area contributed by atoms with Gasteiger partial charge in [0.15, 0.2) is 0 Å². The van der Waals surface area contributed by atoms with Crippen LogP contribution < -0.4 is 5.32 Å². The predicted octanol–water partition coefficient (Wildman–Crippen LogP) is 4.17. The Bertz CT molecular complexity index is 339. The molecule has 90 valence electrons. The van der Waals surface area contributed by atoms with Crippen LogP contribution in [-0.4, -0.2) is 12.6 Å². The molecule has 2 atom stereocenters. The highest BCUT2D eigenvalue weighted by atomic mass is 35.5. The zero-order chi connectivity index (χ0) is 12.1. The Hall–Kier alpha value is -0.240. The maximum Gasteiger partial charge on any atom is 0.0452 e. The van der Waals surface area contributed by atoms with Gasteiger partial charge in [-0.2, -0.15) is 0 Å². The molecule has 16 heavy (non-hydrogen) atoms. The van der Waals surface area contributed by atoms with Gasteiger partial charge in [0.2, 0.25) is 0 Å². The molecule has 0 heterocycles. The van der Waals surface area contributed by atoms with E-state index in [1.54, 1.807) is 0 Å². The van der Waals surface area contributed by atoms with Crippen molar-refractivity contribution < 1.29 is 0 Å². The van der Waals surface area contributed by atoms with Gasteiger partial charge in [0.25, 0.3) is 0 Å². The van der Waals surface area contributed by atoms with Crippen molar-refractivity contribution in [2.75, 3.05) is 6.54 Å². The van der Waals surface area contributed by atoms with Gasteiger partial charge >= 0.3 is 0 Å². The first-order valence-electron chi connectivity index (χ1n) is 5.72. The van der Waals surface area contributed by atoms with E-state index < -0.39 is 0 Å². The summed E-state index contributed by atoms with van der Waals surface area (Å²) >= 11 is 12.0. The van der Waals surface area contributed by atoms with Crippen molar-refractivity contribution in [3.05, 3.63) is 33.8 Å². The molecule has 0 bridgehead atoms. The molecular weight excluding hydrogens is 241 g/mol. The molecule has 1 rings (SSSR count). The number of hydrogen-bond donors (Lipinski definition) is 1. The van der Waals surface area contributed by atoms with Gasteiger partial charge in [0.1, 0.15) is 0 Å². The fourth-order valence-electron chi connectivity index (χ4n) is 1.73. The molecule has 1 aromatic rings. The highest BCUT2D eigenvalue weighted by molar-refractivity contribution is 6.35. The maximum atomic E-state index is 6.15. The minimum Gasteiger partial charge on any atom is -0.314 e. The molecule has 0 spiro atoms. The van der Waals surface area contributed by atoms with E-state index in [1.165, 1.54) is 5.56 Å². The average molecular weight is 260 g/mol. The van der Waals surface area contributed by atoms with Crippen molar-refractivity contribution >= 4 is 23.2 Å². The van der Waals surface area contributed by atoms with E-state index in [-0.39, 0.29) is 0 Å². The summed E-state index contributed by atoms with van der Waals surface area (Å²) in [6, 6.07) is 6.22. The van der Waals surface area contributed by atoms with Crippen molar-refractivity contribution in [1.29, 1.82) is 0 Å². The molecule has 0 aliphatic rings. The Balaban J connectivity index is 2.65. The Morgan fingerprint density at radius 1 is 1.25 bits per heavy atom. The summed E-state index contributed by atoms with van der Waals surface area (Å²) in [7, 11) is 0. The lowest BCUT2D eigenvalue weighted by Crippen LogP contribution is -2.32. The van der Waals surface area contributed by atoms with E-state index in [0.717, 1.165) is 18.0 Å². The molecule has 2 unspecified atom stereocenters. The third-order valence-corrected chi connectivity index (χ3v) is 3.52. The molecule has 1 aromatic carbocycles. The lowest BCUT2D eigenvalue weighted by atomic mass is 9.95. The predicted molar refractivity (Wildman–Crippen MR) is 72.5 cm³/mol. The first-order chi connectivity index (χ1) is 7.54. The lowest BCUT2D eigenvalue weighted by Gasteiger charge is -2.21. The Labute approximate surface area is 108 Å². The molecule has 0 aliphatic heterocycles. The van der Waals surface area contributed by atoms with Crippen LogP contribution in [0.5, 0.6) is 0 Å². The van der Waals surface area contributed by atoms with Crippen LogP contribution in [0.2, 0.25) is 10.0 Å². The lowest BCUT2D eigenvalue weighted by molar-refractivity contribution is 0.406. The SMILES string of the molecule is CCNC(C)C(C)Cc1ccc(Cl)cc1Cl. The van der Waals surface area contributed by atoms with Gasteiger partial charge in [0, 0.05) is 16.1 Å². The molecular formula is C13H19Cl2N. The molecule has 3 heteroatoms. The van der Waals surface area contributed by atoms with Crippen LogP contribution in [0.3, 0.4) is 0 Å². The first-order valence-corrected chi connectivity index (χ1v) is 6.47. The second kappa shape index (κ2) is 6.48. The van der Waals surface area contributed by atoms with Crippen molar-refractivity contribution in [3.63, 3.8) is 0 Å². The quantitative estimate of drug-likeness (QED) is 0.837. The standard InChI is InChI=1S/C13H19Cl2N/c1-4-16-10(3)9(2)7-11-5-6-12(14)8-13(11)15/h5-6,8-10,16H,4,7H2,1-3H3. The van der Waals surface area contributed by atoms with E-state index in [9.17, 15) is 0 Å². The van der Waals surface area contributed by atoms with E-state index in [2.05, 4.69) is 26.1 Å². The van der Waals surface area contributed by atoms with Gasteiger partial charge in [0.05, 0.1) is 0 Å². The summed E-state index contributed by atoms with van der Waals surface area (Å²) in [5.74, 6) is 0.554. The van der Waals surface area contributed by atoms with Gasteiger partial charge in [-0.3, -0.25) is 0 Å². The van der Waals surface area contributed by atoms with Gasteiger partial charge in [-0.25, -0.2) is 0 Å². The third kappa shape index (κ3) is 3.97. The summed E-state index contributed by atoms with van der Waals surface area (Å²) in [5.41, 5.74) is 1.17. The topological polar surface area (TPSA) is 12.0 Å². The van der Waals surface area contributed by atoms with Crippen LogP contribution >= 0.6 is 23.2 Å². The minimum absolute atomic E-state index is 0.497. The molecule has 0 radical (unpaired) electrons. The number of hydrogen-bond acceptors (Lipinski definition) is 1. The van der Waals surface area contributed by atoms with Crippen LogP contribution in [0.1, 0.15) is 26.3 Å². The Morgan fingerprint density at radius 2 is 1.94 bits per heavy atom. The van der Waals surface area contributed by atoms with Gasteiger partial charge in [-0.15, -0.1) is 0 Å². The molecule has 1 N–H and O–H groups in total. The Morgan fingerprint density at radius 3 is 2.50 bits per heavy atom. The molecule has 0 saturated heterocycles. The molecule has 0 saturated carbocycles. The second-order valence-corrected chi connectivity index (χ2v) is 5.11. The van der Waals surface area contributed by atoms with E-state index in [4.69, 9.17) is 23.2 Å². The third-order valence-electron chi connectivity index (χ3n) is 2.94. The minimum atomic E-state index is 0.497. The van der Waals surface area contributed by atoms with Crippen molar-refractivity contribution in [2.24, 2.45) is 5.92 Å². The zero-order valence-electron chi connectivity index (χ0n) is 10.1. The second-order valence-electron chi connectivity index (χ2n) is 4.26. The summed E-state index contributed by atoms with van der Waals surface area (Å²) in [5, 5.41) is 4.89. The molecule has 0 amide bonds. The number of nitrogens with one attached hydrogen (secondary N) is 1. The zero-order valence-corrected chi connectivity index (χ0v) is 11.6. The highest BCUT2D eigenvalue weighted by Gasteiger charge is 2.13. The molecule has 0 aliphatic carbocycles. The first kappa shape index (κ1) is 13.8. The van der Waals surface area contributed by atoms with E-state index in [1.807, 2.05) is 18.2 Å². The molecule has 0 aromatic heterocycles. The summed E-state index contributed by atoms with van der Waals surface area (Å²) in [6.45, 7) is 7.56. The smallest absolute Gasteiger partial charge is 0.0452 e. The summed E-state index contributed by atoms with van der Waals surface area (Å²) < 4.78 is 0. The van der Waals surface area contributed by atoms with Gasteiger partial charge in [-0.1, -0.05) is 43.1 Å². The fourth-order valence-corrected chi connectivity index (χ4v) is 2.22. The number of rotatable bonds is 5. The van der Waals surface area contributed by atoms with Crippen LogP contribution in [0.25, 0.3) is 0 Å². The van der Waals surface area contributed by atoms with Crippen LogP contribution in [0.4, 0.5) is 0 Å². The van der Waals surface area contributed by atoms with Crippen LogP contribution in [0, 0.1) is 5.92 Å². The molecule has 0 fully saturated rings. The normalized spacial score (nSPS) is 14.8.